The van der Waals surface area contributed by atoms with E-state index < -0.39 is 0 Å². The standard InChI is InChI=1S/C23H40N2O/c1-16-5-8-20-19-7-6-17-15-18(25-26-14-4-13-24)9-11-23(17,3)21(19)10-12-22(16,20)2/h16-17,19-21H,4-15,24H2,1-3H3/t16-,17?,19?,20?,21?,22-,23+/m1/s1. The van der Waals surface area contributed by atoms with Crippen LogP contribution < -0.4 is 5.73 Å². The summed E-state index contributed by atoms with van der Waals surface area (Å²) < 4.78 is 0. The quantitative estimate of drug-likeness (QED) is 0.540. The Hall–Kier alpha value is -0.570. The van der Waals surface area contributed by atoms with Gasteiger partial charge in [0.2, 0.25) is 0 Å². The van der Waals surface area contributed by atoms with Gasteiger partial charge in [0.05, 0.1) is 5.71 Å². The molecule has 0 aromatic rings. The summed E-state index contributed by atoms with van der Waals surface area (Å²) in [4.78, 5) is 5.52. The lowest BCUT2D eigenvalue weighted by Crippen LogP contribution is -2.53. The van der Waals surface area contributed by atoms with Crippen LogP contribution in [0.1, 0.15) is 85.0 Å². The maximum Gasteiger partial charge on any atom is 0.118 e. The van der Waals surface area contributed by atoms with Gasteiger partial charge in [-0.1, -0.05) is 25.9 Å². The molecule has 148 valence electrons. The zero-order valence-electron chi connectivity index (χ0n) is 17.3. The maximum atomic E-state index is 5.54. The minimum Gasteiger partial charge on any atom is -0.396 e. The first kappa shape index (κ1) is 18.8. The van der Waals surface area contributed by atoms with Crippen molar-refractivity contribution in [2.24, 2.45) is 51.3 Å². The van der Waals surface area contributed by atoms with Gasteiger partial charge in [-0.05, 0) is 111 Å². The Bertz CT molecular complexity index is 546. The fraction of sp³-hybridized carbons (Fsp3) is 0.957. The molecular formula is C23H40N2O. The third-order valence-electron chi connectivity index (χ3n) is 9.61. The first-order valence-corrected chi connectivity index (χ1v) is 11.4. The molecule has 0 amide bonds. The van der Waals surface area contributed by atoms with Crippen molar-refractivity contribution in [1.82, 2.24) is 0 Å². The van der Waals surface area contributed by atoms with Gasteiger partial charge in [0, 0.05) is 0 Å². The van der Waals surface area contributed by atoms with Gasteiger partial charge in [-0.15, -0.1) is 0 Å². The molecule has 0 bridgehead atoms. The molecule has 4 rings (SSSR count). The van der Waals surface area contributed by atoms with Crippen molar-refractivity contribution < 1.29 is 4.84 Å². The topological polar surface area (TPSA) is 47.6 Å². The van der Waals surface area contributed by atoms with E-state index in [2.05, 4.69) is 25.9 Å². The molecule has 7 atom stereocenters. The lowest BCUT2D eigenvalue weighted by molar-refractivity contribution is -0.0994. The van der Waals surface area contributed by atoms with Crippen molar-refractivity contribution in [3.63, 3.8) is 0 Å². The smallest absolute Gasteiger partial charge is 0.118 e. The minimum absolute atomic E-state index is 0.548. The Kier molecular flexibility index (Phi) is 5.14. The van der Waals surface area contributed by atoms with Crippen LogP contribution in [0.3, 0.4) is 0 Å². The number of oxime groups is 1. The van der Waals surface area contributed by atoms with Gasteiger partial charge in [-0.3, -0.25) is 0 Å². The molecule has 0 aromatic carbocycles. The highest BCUT2D eigenvalue weighted by molar-refractivity contribution is 5.85. The van der Waals surface area contributed by atoms with Gasteiger partial charge in [0.25, 0.3) is 0 Å². The van der Waals surface area contributed by atoms with Crippen molar-refractivity contribution in [2.75, 3.05) is 13.2 Å². The molecule has 26 heavy (non-hydrogen) atoms. The fourth-order valence-corrected chi connectivity index (χ4v) is 7.69. The van der Waals surface area contributed by atoms with Crippen molar-refractivity contribution in [3.05, 3.63) is 0 Å². The predicted molar refractivity (Wildman–Crippen MR) is 108 cm³/mol. The second-order valence-corrected chi connectivity index (χ2v) is 10.5. The third-order valence-corrected chi connectivity index (χ3v) is 9.61. The van der Waals surface area contributed by atoms with Crippen LogP contribution in [-0.2, 0) is 4.84 Å². The highest BCUT2D eigenvalue weighted by Crippen LogP contribution is 2.67. The van der Waals surface area contributed by atoms with Gasteiger partial charge in [0.1, 0.15) is 6.61 Å². The Labute approximate surface area is 160 Å². The van der Waals surface area contributed by atoms with E-state index in [4.69, 9.17) is 10.6 Å². The van der Waals surface area contributed by atoms with Crippen LogP contribution in [0.25, 0.3) is 0 Å². The summed E-state index contributed by atoms with van der Waals surface area (Å²) in [6, 6.07) is 0. The molecule has 0 radical (unpaired) electrons. The molecule has 0 heterocycles. The molecule has 4 saturated carbocycles. The SMILES string of the molecule is C[C@@H]1CCC2C3CCC4CC(=NOCCCN)CC[C@]4(C)C3CC[C@@]21C. The molecule has 0 aromatic heterocycles. The maximum absolute atomic E-state index is 5.54. The molecule has 2 N–H and O–H groups in total. The van der Waals surface area contributed by atoms with E-state index >= 15 is 0 Å². The monoisotopic (exact) mass is 360 g/mol. The van der Waals surface area contributed by atoms with Crippen LogP contribution in [-0.4, -0.2) is 18.9 Å². The Morgan fingerprint density at radius 3 is 2.65 bits per heavy atom. The highest BCUT2D eigenvalue weighted by atomic mass is 16.6. The zero-order chi connectivity index (χ0) is 18.4. The molecule has 4 aliphatic carbocycles. The molecule has 0 spiro atoms. The molecule has 0 aliphatic heterocycles. The summed E-state index contributed by atoms with van der Waals surface area (Å²) in [6.45, 7) is 9.16. The Morgan fingerprint density at radius 2 is 1.85 bits per heavy atom. The Morgan fingerprint density at radius 1 is 1.04 bits per heavy atom. The summed E-state index contributed by atoms with van der Waals surface area (Å²) in [5.74, 6) is 4.74. The van der Waals surface area contributed by atoms with Gasteiger partial charge in [-0.25, -0.2) is 0 Å². The highest BCUT2D eigenvalue weighted by Gasteiger charge is 2.59. The van der Waals surface area contributed by atoms with Gasteiger partial charge < -0.3 is 10.6 Å². The molecule has 4 unspecified atom stereocenters. The van der Waals surface area contributed by atoms with Crippen molar-refractivity contribution >= 4 is 5.71 Å². The lowest BCUT2D eigenvalue weighted by atomic mass is 9.45. The molecule has 3 heteroatoms. The lowest BCUT2D eigenvalue weighted by Gasteiger charge is -2.60. The third kappa shape index (κ3) is 2.93. The second kappa shape index (κ2) is 7.11. The Balaban J connectivity index is 1.46. The van der Waals surface area contributed by atoms with Crippen molar-refractivity contribution in [3.8, 4) is 0 Å². The minimum atomic E-state index is 0.548. The van der Waals surface area contributed by atoms with Crippen LogP contribution in [0, 0.1) is 40.4 Å². The van der Waals surface area contributed by atoms with Crippen LogP contribution >= 0.6 is 0 Å². The summed E-state index contributed by atoms with van der Waals surface area (Å²) >= 11 is 0. The van der Waals surface area contributed by atoms with E-state index in [1.807, 2.05) is 0 Å². The number of nitrogens with zero attached hydrogens (tertiary/aromatic N) is 1. The van der Waals surface area contributed by atoms with E-state index in [0.29, 0.717) is 24.0 Å². The number of fused-ring (bicyclic) bond motifs is 5. The average Bonchev–Trinajstić information content (AvgIpc) is 2.94. The predicted octanol–water partition coefficient (Wildman–Crippen LogP) is 5.39. The summed E-state index contributed by atoms with van der Waals surface area (Å²) in [7, 11) is 0. The summed E-state index contributed by atoms with van der Waals surface area (Å²) in [5, 5.41) is 4.48. The number of nitrogens with two attached hydrogens (primary N) is 1. The second-order valence-electron chi connectivity index (χ2n) is 10.5. The van der Waals surface area contributed by atoms with E-state index in [9.17, 15) is 0 Å². The van der Waals surface area contributed by atoms with E-state index in [1.54, 1.807) is 0 Å². The number of hydrogen-bond acceptors (Lipinski definition) is 3. The fourth-order valence-electron chi connectivity index (χ4n) is 7.69. The number of rotatable bonds is 4. The van der Waals surface area contributed by atoms with Gasteiger partial charge in [-0.2, -0.15) is 0 Å². The van der Waals surface area contributed by atoms with Crippen molar-refractivity contribution in [2.45, 2.75) is 85.0 Å². The van der Waals surface area contributed by atoms with E-state index in [1.165, 1.54) is 57.1 Å². The molecule has 0 saturated heterocycles. The van der Waals surface area contributed by atoms with E-state index in [-0.39, 0.29) is 0 Å². The van der Waals surface area contributed by atoms with Crippen molar-refractivity contribution in [1.29, 1.82) is 0 Å². The molecular weight excluding hydrogens is 320 g/mol. The van der Waals surface area contributed by atoms with E-state index in [0.717, 1.165) is 42.4 Å². The zero-order valence-corrected chi connectivity index (χ0v) is 17.3. The number of hydrogen-bond donors (Lipinski definition) is 1. The normalized spacial score (nSPS) is 49.4. The molecule has 4 fully saturated rings. The van der Waals surface area contributed by atoms with Crippen LogP contribution in [0.15, 0.2) is 5.16 Å². The first-order chi connectivity index (χ1) is 12.5. The van der Waals surface area contributed by atoms with Crippen LogP contribution in [0.2, 0.25) is 0 Å². The first-order valence-electron chi connectivity index (χ1n) is 11.4. The molecule has 4 aliphatic rings. The molecule has 3 nitrogen and oxygen atoms in total. The summed E-state index contributed by atoms with van der Waals surface area (Å²) in [5.41, 5.74) is 8.05. The average molecular weight is 361 g/mol. The largest absolute Gasteiger partial charge is 0.396 e. The van der Waals surface area contributed by atoms with Gasteiger partial charge >= 0.3 is 0 Å². The van der Waals surface area contributed by atoms with Crippen LogP contribution in [0.5, 0.6) is 0 Å². The summed E-state index contributed by atoms with van der Waals surface area (Å²) in [6.07, 6.45) is 13.4. The van der Waals surface area contributed by atoms with Crippen LogP contribution in [0.4, 0.5) is 0 Å². The van der Waals surface area contributed by atoms with Gasteiger partial charge in [0.15, 0.2) is 0 Å².